The number of alkyl halides is 6. The summed E-state index contributed by atoms with van der Waals surface area (Å²) < 4.78 is 98.6. The van der Waals surface area contributed by atoms with Crippen LogP contribution in [-0.4, -0.2) is 73.6 Å². The summed E-state index contributed by atoms with van der Waals surface area (Å²) in [5.41, 5.74) is 5.11. The van der Waals surface area contributed by atoms with Gasteiger partial charge in [0.25, 0.3) is 5.91 Å². The zero-order valence-corrected chi connectivity index (χ0v) is 19.6. The minimum Gasteiger partial charge on any atom is -0.379 e. The maximum atomic E-state index is 15.2. The number of amides is 2. The lowest BCUT2D eigenvalue weighted by molar-refractivity contribution is -0.349. The highest BCUT2D eigenvalue weighted by atomic mass is 19.4. The molecular formula is C22H27F6N3O6. The Bertz CT molecular complexity index is 938. The highest BCUT2D eigenvalue weighted by Gasteiger charge is 2.47. The molecule has 2 aliphatic rings. The fourth-order valence-corrected chi connectivity index (χ4v) is 4.72. The quantitative estimate of drug-likeness (QED) is 0.458. The predicted octanol–water partition coefficient (Wildman–Crippen LogP) is 3.33. The van der Waals surface area contributed by atoms with Crippen LogP contribution in [0.3, 0.4) is 0 Å². The molecule has 9 nitrogen and oxygen atoms in total. The molecule has 37 heavy (non-hydrogen) atoms. The van der Waals surface area contributed by atoms with Crippen molar-refractivity contribution in [3.63, 3.8) is 0 Å². The van der Waals surface area contributed by atoms with E-state index in [-0.39, 0.29) is 37.1 Å². The van der Waals surface area contributed by atoms with Gasteiger partial charge in [-0.2, -0.15) is 8.78 Å². The van der Waals surface area contributed by atoms with Crippen molar-refractivity contribution in [2.75, 3.05) is 12.4 Å². The minimum atomic E-state index is -4.84. The molecule has 0 bridgehead atoms. The van der Waals surface area contributed by atoms with Crippen molar-refractivity contribution in [1.82, 2.24) is 4.98 Å². The van der Waals surface area contributed by atoms with Crippen molar-refractivity contribution in [3.05, 3.63) is 24.0 Å². The standard InChI is InChI=1S/C22H27F6N3O6/c1-34-16-8-11(37-22(26,27)28)2-3-15(16)36-17-9-12(35-21(24)25)7-13(23)18(17)20(33)31-10-4-5-30-14(6-10)19(29)32/h4-6,11-13,15-18,21H,2-3,7-9H2,1H3,(H2,29,32)(H,30,31,33). The van der Waals surface area contributed by atoms with E-state index in [4.69, 9.17) is 15.2 Å². The summed E-state index contributed by atoms with van der Waals surface area (Å²) in [5.74, 6) is -3.21. The molecule has 7 atom stereocenters. The van der Waals surface area contributed by atoms with Gasteiger partial charge in [-0.15, -0.1) is 13.2 Å². The number of aromatic nitrogens is 1. The first kappa shape index (κ1) is 29.1. The molecule has 0 aliphatic heterocycles. The number of carbonyl (C=O) groups excluding carboxylic acids is 2. The number of ether oxygens (including phenoxy) is 4. The molecule has 0 saturated heterocycles. The number of halogens is 6. The molecule has 2 saturated carbocycles. The van der Waals surface area contributed by atoms with Crippen LogP contribution < -0.4 is 11.1 Å². The molecule has 15 heteroatoms. The Balaban J connectivity index is 1.77. The molecule has 0 radical (unpaired) electrons. The molecular weight excluding hydrogens is 516 g/mol. The first-order chi connectivity index (χ1) is 17.4. The van der Waals surface area contributed by atoms with E-state index in [0.29, 0.717) is 0 Å². The first-order valence-electron chi connectivity index (χ1n) is 11.4. The Hall–Kier alpha value is -2.49. The average molecular weight is 543 g/mol. The van der Waals surface area contributed by atoms with Gasteiger partial charge in [-0.05, 0) is 25.0 Å². The van der Waals surface area contributed by atoms with E-state index < -0.39 is 73.8 Å². The van der Waals surface area contributed by atoms with Crippen LogP contribution in [0.4, 0.5) is 32.0 Å². The molecule has 2 amide bonds. The highest BCUT2D eigenvalue weighted by molar-refractivity contribution is 5.96. The van der Waals surface area contributed by atoms with Gasteiger partial charge in [0.05, 0.1) is 36.4 Å². The molecule has 7 unspecified atom stereocenters. The second-order valence-electron chi connectivity index (χ2n) is 8.80. The van der Waals surface area contributed by atoms with Gasteiger partial charge in [-0.25, -0.2) is 4.39 Å². The summed E-state index contributed by atoms with van der Waals surface area (Å²) in [5, 5.41) is 2.45. The highest BCUT2D eigenvalue weighted by Crippen LogP contribution is 2.37. The van der Waals surface area contributed by atoms with Crippen LogP contribution >= 0.6 is 0 Å². The number of carbonyl (C=O) groups is 2. The van der Waals surface area contributed by atoms with Crippen molar-refractivity contribution >= 4 is 17.5 Å². The van der Waals surface area contributed by atoms with Gasteiger partial charge in [0.1, 0.15) is 11.9 Å². The predicted molar refractivity (Wildman–Crippen MR) is 114 cm³/mol. The number of anilines is 1. The molecule has 1 aromatic rings. The number of methoxy groups -OCH3 is 1. The van der Waals surface area contributed by atoms with Crippen molar-refractivity contribution < 1.29 is 54.9 Å². The van der Waals surface area contributed by atoms with E-state index in [0.717, 1.165) is 0 Å². The van der Waals surface area contributed by atoms with Gasteiger partial charge >= 0.3 is 13.0 Å². The average Bonchev–Trinajstić information content (AvgIpc) is 2.78. The van der Waals surface area contributed by atoms with Crippen molar-refractivity contribution in [1.29, 1.82) is 0 Å². The third kappa shape index (κ3) is 8.25. The molecule has 0 aromatic carbocycles. The van der Waals surface area contributed by atoms with Crippen LogP contribution in [0.15, 0.2) is 18.3 Å². The van der Waals surface area contributed by atoms with Gasteiger partial charge in [0.15, 0.2) is 0 Å². The summed E-state index contributed by atoms with van der Waals surface area (Å²) in [6, 6.07) is 2.51. The lowest BCUT2D eigenvalue weighted by Crippen LogP contribution is -2.52. The Morgan fingerprint density at radius 1 is 1.11 bits per heavy atom. The van der Waals surface area contributed by atoms with Crippen LogP contribution in [0.5, 0.6) is 0 Å². The second-order valence-corrected chi connectivity index (χ2v) is 8.80. The van der Waals surface area contributed by atoms with Gasteiger partial charge in [0, 0.05) is 38.3 Å². The maximum Gasteiger partial charge on any atom is 0.522 e. The molecule has 1 aromatic heterocycles. The van der Waals surface area contributed by atoms with Crippen LogP contribution in [0.2, 0.25) is 0 Å². The summed E-state index contributed by atoms with van der Waals surface area (Å²) in [6.45, 7) is -3.19. The largest absolute Gasteiger partial charge is 0.522 e. The minimum absolute atomic E-state index is 0.0216. The Kier molecular flexibility index (Phi) is 9.72. The molecule has 3 N–H and O–H groups in total. The summed E-state index contributed by atoms with van der Waals surface area (Å²) in [7, 11) is 1.25. The first-order valence-corrected chi connectivity index (χ1v) is 11.4. The maximum absolute atomic E-state index is 15.2. The lowest BCUT2D eigenvalue weighted by atomic mass is 9.81. The normalized spacial score (nSPS) is 30.8. The fraction of sp³-hybridized carbons (Fsp3) is 0.682. The molecule has 3 rings (SSSR count). The van der Waals surface area contributed by atoms with E-state index in [2.05, 4.69) is 19.8 Å². The number of nitrogens with two attached hydrogens (primary N) is 1. The summed E-state index contributed by atoms with van der Waals surface area (Å²) in [4.78, 5) is 28.2. The molecule has 2 fully saturated rings. The second kappa shape index (κ2) is 12.4. The topological polar surface area (TPSA) is 122 Å². The van der Waals surface area contributed by atoms with E-state index in [1.165, 1.54) is 25.4 Å². The lowest BCUT2D eigenvalue weighted by Gasteiger charge is -2.42. The number of hydrogen-bond acceptors (Lipinski definition) is 7. The van der Waals surface area contributed by atoms with Gasteiger partial charge in [-0.3, -0.25) is 19.3 Å². The smallest absolute Gasteiger partial charge is 0.379 e. The molecule has 2 aliphatic carbocycles. The zero-order chi connectivity index (χ0) is 27.3. The number of rotatable bonds is 9. The van der Waals surface area contributed by atoms with E-state index in [9.17, 15) is 31.5 Å². The number of nitrogens with zero attached hydrogens (tertiary/aromatic N) is 1. The van der Waals surface area contributed by atoms with E-state index >= 15 is 4.39 Å². The Labute approximate surface area is 208 Å². The third-order valence-corrected chi connectivity index (χ3v) is 6.29. The number of pyridine rings is 1. The van der Waals surface area contributed by atoms with Crippen molar-refractivity contribution in [3.8, 4) is 0 Å². The number of nitrogens with one attached hydrogen (secondary N) is 1. The Morgan fingerprint density at radius 3 is 2.43 bits per heavy atom. The van der Waals surface area contributed by atoms with Crippen LogP contribution in [-0.2, 0) is 23.7 Å². The van der Waals surface area contributed by atoms with Crippen molar-refractivity contribution in [2.45, 2.75) is 81.8 Å². The molecule has 0 spiro atoms. The molecule has 208 valence electrons. The van der Waals surface area contributed by atoms with Gasteiger partial charge in [0.2, 0.25) is 5.91 Å². The van der Waals surface area contributed by atoms with Gasteiger partial charge < -0.3 is 25.3 Å². The van der Waals surface area contributed by atoms with E-state index in [1.807, 2.05) is 0 Å². The summed E-state index contributed by atoms with van der Waals surface area (Å²) in [6.07, 6.45) is -12.1. The Morgan fingerprint density at radius 2 is 1.81 bits per heavy atom. The monoisotopic (exact) mass is 543 g/mol. The summed E-state index contributed by atoms with van der Waals surface area (Å²) >= 11 is 0. The SMILES string of the molecule is COC1CC(OC(F)(F)F)CCC1OC1CC(OC(F)F)CC(F)C1C(=O)Nc1ccnc(C(N)=O)c1. The zero-order valence-electron chi connectivity index (χ0n) is 19.6. The van der Waals surface area contributed by atoms with Crippen molar-refractivity contribution in [2.24, 2.45) is 11.7 Å². The van der Waals surface area contributed by atoms with E-state index in [1.54, 1.807) is 0 Å². The fourth-order valence-electron chi connectivity index (χ4n) is 4.72. The third-order valence-electron chi connectivity index (χ3n) is 6.29. The number of primary amides is 1. The van der Waals surface area contributed by atoms with Gasteiger partial charge in [-0.1, -0.05) is 0 Å². The van der Waals surface area contributed by atoms with Crippen LogP contribution in [0, 0.1) is 5.92 Å². The van der Waals surface area contributed by atoms with Crippen LogP contribution in [0.1, 0.15) is 42.6 Å². The number of hydrogen-bond donors (Lipinski definition) is 2. The molecule has 1 heterocycles. The van der Waals surface area contributed by atoms with Crippen LogP contribution in [0.25, 0.3) is 0 Å².